The van der Waals surface area contributed by atoms with Crippen molar-refractivity contribution in [1.29, 1.82) is 0 Å². The molecule has 0 aromatic carbocycles. The minimum absolute atomic E-state index is 0.0104. The van der Waals surface area contributed by atoms with Gasteiger partial charge in [0.05, 0.1) is 6.04 Å². The van der Waals surface area contributed by atoms with Gasteiger partial charge in [0.2, 0.25) is 11.8 Å². The Bertz CT molecular complexity index is 347. The molecule has 0 spiro atoms. The van der Waals surface area contributed by atoms with Crippen LogP contribution in [0.15, 0.2) is 0 Å². The summed E-state index contributed by atoms with van der Waals surface area (Å²) in [6, 6.07) is 0.0899. The van der Waals surface area contributed by atoms with E-state index in [0.717, 1.165) is 32.1 Å². The largest absolute Gasteiger partial charge is 0.369 e. The van der Waals surface area contributed by atoms with E-state index in [-0.39, 0.29) is 29.3 Å². The van der Waals surface area contributed by atoms with Gasteiger partial charge in [0.1, 0.15) is 0 Å². The van der Waals surface area contributed by atoms with E-state index in [1.165, 1.54) is 0 Å². The zero-order valence-electron chi connectivity index (χ0n) is 13.2. The van der Waals surface area contributed by atoms with E-state index in [1.54, 1.807) is 0 Å². The van der Waals surface area contributed by atoms with Gasteiger partial charge < -0.3 is 16.4 Å². The second kappa shape index (κ2) is 7.07. The number of carbonyl (C=O) groups is 2. The third kappa shape index (κ3) is 5.12. The summed E-state index contributed by atoms with van der Waals surface area (Å²) < 4.78 is 0. The molecule has 1 aliphatic rings. The van der Waals surface area contributed by atoms with Crippen LogP contribution in [-0.4, -0.2) is 29.4 Å². The first-order valence-electron chi connectivity index (χ1n) is 7.62. The molecule has 1 aliphatic carbocycles. The fourth-order valence-electron chi connectivity index (χ4n) is 2.50. The van der Waals surface area contributed by atoms with Gasteiger partial charge in [-0.15, -0.1) is 0 Å². The van der Waals surface area contributed by atoms with Gasteiger partial charge in [0, 0.05) is 17.5 Å². The molecular formula is C15H29N3O2. The predicted molar refractivity (Wildman–Crippen MR) is 80.1 cm³/mol. The van der Waals surface area contributed by atoms with Crippen LogP contribution in [0.3, 0.4) is 0 Å². The molecule has 116 valence electrons. The van der Waals surface area contributed by atoms with Gasteiger partial charge in [-0.05, 0) is 52.9 Å². The number of nitrogens with two attached hydrogens (primary N) is 1. The topological polar surface area (TPSA) is 84.2 Å². The monoisotopic (exact) mass is 283 g/mol. The summed E-state index contributed by atoms with van der Waals surface area (Å²) >= 11 is 0. The van der Waals surface area contributed by atoms with Gasteiger partial charge in [0.25, 0.3) is 0 Å². The normalized spacial score (nSPS) is 25.0. The van der Waals surface area contributed by atoms with E-state index in [0.29, 0.717) is 6.04 Å². The highest BCUT2D eigenvalue weighted by Crippen LogP contribution is 2.24. The third-order valence-electron chi connectivity index (χ3n) is 4.35. The molecule has 0 bridgehead atoms. The predicted octanol–water partition coefficient (Wildman–Crippen LogP) is 1.31. The van der Waals surface area contributed by atoms with Gasteiger partial charge in [-0.2, -0.15) is 0 Å². The molecule has 1 atom stereocenters. The Kier molecular flexibility index (Phi) is 5.99. The molecule has 0 radical (unpaired) electrons. The summed E-state index contributed by atoms with van der Waals surface area (Å²) in [4.78, 5) is 23.2. The summed E-state index contributed by atoms with van der Waals surface area (Å²) in [5, 5.41) is 6.41. The number of primary amides is 1. The molecule has 0 heterocycles. The van der Waals surface area contributed by atoms with Gasteiger partial charge >= 0.3 is 0 Å². The second-order valence-electron chi connectivity index (χ2n) is 6.57. The van der Waals surface area contributed by atoms with Crippen LogP contribution in [0.5, 0.6) is 0 Å². The Hall–Kier alpha value is -1.10. The highest BCUT2D eigenvalue weighted by atomic mass is 16.2. The standard InChI is InChI=1S/C15H29N3O2/c1-5-15(3,4)18-14(20)10(2)17-12-8-6-11(7-9-12)13(16)19/h10-12,17H,5-9H2,1-4H3,(H2,16,19)(H,18,20). The minimum atomic E-state index is -0.212. The lowest BCUT2D eigenvalue weighted by molar-refractivity contribution is -0.125. The molecule has 1 saturated carbocycles. The second-order valence-corrected chi connectivity index (χ2v) is 6.57. The average molecular weight is 283 g/mol. The van der Waals surface area contributed by atoms with Crippen LogP contribution in [0.4, 0.5) is 0 Å². The van der Waals surface area contributed by atoms with Crippen molar-refractivity contribution in [2.75, 3.05) is 0 Å². The molecule has 1 rings (SSSR count). The number of hydrogen-bond acceptors (Lipinski definition) is 3. The molecule has 20 heavy (non-hydrogen) atoms. The zero-order chi connectivity index (χ0) is 15.3. The van der Waals surface area contributed by atoms with Crippen LogP contribution in [-0.2, 0) is 9.59 Å². The van der Waals surface area contributed by atoms with Gasteiger partial charge in [-0.25, -0.2) is 0 Å². The van der Waals surface area contributed by atoms with E-state index in [1.807, 2.05) is 20.8 Å². The van der Waals surface area contributed by atoms with Crippen molar-refractivity contribution in [3.63, 3.8) is 0 Å². The number of carbonyl (C=O) groups excluding carboxylic acids is 2. The molecule has 4 N–H and O–H groups in total. The highest BCUT2D eigenvalue weighted by molar-refractivity contribution is 5.82. The Morgan fingerprint density at radius 2 is 1.80 bits per heavy atom. The maximum atomic E-state index is 12.1. The van der Waals surface area contributed by atoms with Gasteiger partial charge in [0.15, 0.2) is 0 Å². The van der Waals surface area contributed by atoms with Crippen LogP contribution in [0, 0.1) is 5.92 Å². The summed E-state index contributed by atoms with van der Waals surface area (Å²) in [5.74, 6) is -0.149. The number of nitrogens with one attached hydrogen (secondary N) is 2. The van der Waals surface area contributed by atoms with Crippen LogP contribution in [0.1, 0.15) is 59.8 Å². The van der Waals surface area contributed by atoms with Gasteiger partial charge in [-0.3, -0.25) is 9.59 Å². The Labute approximate surface area is 122 Å². The Balaban J connectivity index is 2.38. The van der Waals surface area contributed by atoms with E-state index in [4.69, 9.17) is 5.73 Å². The van der Waals surface area contributed by atoms with Crippen LogP contribution >= 0.6 is 0 Å². The fourth-order valence-corrected chi connectivity index (χ4v) is 2.50. The first kappa shape index (κ1) is 17.0. The maximum absolute atomic E-state index is 12.1. The summed E-state index contributed by atoms with van der Waals surface area (Å²) in [6.45, 7) is 8.00. The fraction of sp³-hybridized carbons (Fsp3) is 0.867. The Morgan fingerprint density at radius 3 is 2.25 bits per heavy atom. The smallest absolute Gasteiger partial charge is 0.237 e. The first-order chi connectivity index (χ1) is 9.25. The maximum Gasteiger partial charge on any atom is 0.237 e. The van der Waals surface area contributed by atoms with Crippen molar-refractivity contribution in [2.45, 2.75) is 77.4 Å². The number of amides is 2. The lowest BCUT2D eigenvalue weighted by Crippen LogP contribution is -2.53. The lowest BCUT2D eigenvalue weighted by atomic mass is 9.85. The molecule has 2 amide bonds. The molecule has 5 heteroatoms. The molecule has 0 aliphatic heterocycles. The average Bonchev–Trinajstić information content (AvgIpc) is 2.38. The van der Waals surface area contributed by atoms with E-state index >= 15 is 0 Å². The van der Waals surface area contributed by atoms with E-state index in [9.17, 15) is 9.59 Å². The van der Waals surface area contributed by atoms with Crippen molar-refractivity contribution >= 4 is 11.8 Å². The van der Waals surface area contributed by atoms with Crippen molar-refractivity contribution in [1.82, 2.24) is 10.6 Å². The van der Waals surface area contributed by atoms with Gasteiger partial charge in [-0.1, -0.05) is 6.92 Å². The first-order valence-corrected chi connectivity index (χ1v) is 7.62. The van der Waals surface area contributed by atoms with Crippen LogP contribution < -0.4 is 16.4 Å². The molecular weight excluding hydrogens is 254 g/mol. The number of rotatable bonds is 6. The lowest BCUT2D eigenvalue weighted by Gasteiger charge is -2.31. The molecule has 0 aromatic rings. The van der Waals surface area contributed by atoms with Crippen molar-refractivity contribution in [2.24, 2.45) is 11.7 Å². The molecule has 5 nitrogen and oxygen atoms in total. The van der Waals surface area contributed by atoms with Crippen LogP contribution in [0.25, 0.3) is 0 Å². The summed E-state index contributed by atoms with van der Waals surface area (Å²) in [6.07, 6.45) is 4.35. The van der Waals surface area contributed by atoms with E-state index in [2.05, 4.69) is 17.6 Å². The summed E-state index contributed by atoms with van der Waals surface area (Å²) in [5.41, 5.74) is 5.15. The highest BCUT2D eigenvalue weighted by Gasteiger charge is 2.28. The molecule has 1 fully saturated rings. The molecule has 0 aromatic heterocycles. The van der Waals surface area contributed by atoms with E-state index < -0.39 is 0 Å². The third-order valence-corrected chi connectivity index (χ3v) is 4.35. The molecule has 1 unspecified atom stereocenters. The zero-order valence-corrected chi connectivity index (χ0v) is 13.2. The molecule has 0 saturated heterocycles. The summed E-state index contributed by atoms with van der Waals surface area (Å²) in [7, 11) is 0. The number of hydrogen-bond donors (Lipinski definition) is 3. The van der Waals surface area contributed by atoms with Crippen molar-refractivity contribution in [3.05, 3.63) is 0 Å². The SMILES string of the molecule is CCC(C)(C)NC(=O)C(C)NC1CCC(C(N)=O)CC1. The van der Waals surface area contributed by atoms with Crippen LogP contribution in [0.2, 0.25) is 0 Å². The quantitative estimate of drug-likeness (QED) is 0.687. The van der Waals surface area contributed by atoms with Crippen molar-refractivity contribution in [3.8, 4) is 0 Å². The van der Waals surface area contributed by atoms with Crippen molar-refractivity contribution < 1.29 is 9.59 Å². The minimum Gasteiger partial charge on any atom is -0.369 e. The Morgan fingerprint density at radius 1 is 1.25 bits per heavy atom.